The maximum Gasteiger partial charge on any atom is 0.280 e. The van der Waals surface area contributed by atoms with Crippen molar-refractivity contribution in [3.8, 4) is 6.07 Å². The summed E-state index contributed by atoms with van der Waals surface area (Å²) in [6, 6.07) is 3.03. The Kier molecular flexibility index (Phi) is 3.97. The van der Waals surface area contributed by atoms with Gasteiger partial charge in [-0.05, 0) is 6.07 Å². The zero-order valence-electron chi connectivity index (χ0n) is 7.67. The molecule has 0 aromatic carbocycles. The minimum atomic E-state index is -2.65. The summed E-state index contributed by atoms with van der Waals surface area (Å²) in [6.07, 6.45) is -2.58. The van der Waals surface area contributed by atoms with Crippen LogP contribution in [0.5, 0.6) is 0 Å². The average Bonchev–Trinajstić information content (AvgIpc) is 2.20. The zero-order valence-corrected chi connectivity index (χ0v) is 9.26. The molecule has 1 rings (SSSR count). The molecule has 0 atom stereocenters. The van der Waals surface area contributed by atoms with Crippen LogP contribution >= 0.6 is 15.9 Å². The first-order valence-corrected chi connectivity index (χ1v) is 5.21. The molecular formula is C9H8BrF2N3. The van der Waals surface area contributed by atoms with E-state index in [1.807, 2.05) is 6.07 Å². The van der Waals surface area contributed by atoms with E-state index in [1.165, 1.54) is 0 Å². The van der Waals surface area contributed by atoms with Gasteiger partial charge in [0, 0.05) is 16.6 Å². The zero-order chi connectivity index (χ0) is 11.4. The van der Waals surface area contributed by atoms with Gasteiger partial charge in [-0.3, -0.25) is 4.98 Å². The van der Waals surface area contributed by atoms with Gasteiger partial charge in [-0.2, -0.15) is 5.26 Å². The van der Waals surface area contributed by atoms with E-state index in [1.54, 1.807) is 0 Å². The number of nitrogens with zero attached hydrogens (tertiary/aromatic N) is 2. The molecule has 0 bridgehead atoms. The summed E-state index contributed by atoms with van der Waals surface area (Å²) in [7, 11) is 0. The van der Waals surface area contributed by atoms with Gasteiger partial charge in [-0.1, -0.05) is 15.9 Å². The normalized spacial score (nSPS) is 10.3. The Labute approximate surface area is 94.0 Å². The van der Waals surface area contributed by atoms with Crippen molar-refractivity contribution in [3.05, 3.63) is 23.0 Å². The van der Waals surface area contributed by atoms with Gasteiger partial charge in [-0.15, -0.1) is 0 Å². The fourth-order valence-corrected chi connectivity index (χ4v) is 1.64. The molecule has 1 heterocycles. The van der Waals surface area contributed by atoms with E-state index in [9.17, 15) is 8.78 Å². The molecule has 80 valence electrons. The molecule has 0 saturated carbocycles. The van der Waals surface area contributed by atoms with Crippen molar-refractivity contribution in [2.45, 2.75) is 18.2 Å². The standard InChI is InChI=1S/C9H8BrF2N3/c10-4-8-5(1-2-13)6(14)3-7(15-8)9(11)12/h3,9H,1,4H2,(H2,14,15). The van der Waals surface area contributed by atoms with E-state index in [4.69, 9.17) is 11.0 Å². The van der Waals surface area contributed by atoms with Crippen molar-refractivity contribution in [2.24, 2.45) is 0 Å². The minimum absolute atomic E-state index is 0.0727. The molecule has 0 unspecified atom stereocenters. The van der Waals surface area contributed by atoms with Gasteiger partial charge in [0.25, 0.3) is 6.43 Å². The van der Waals surface area contributed by atoms with E-state index in [0.717, 1.165) is 6.07 Å². The third-order valence-electron chi connectivity index (χ3n) is 1.87. The molecule has 0 aliphatic rings. The van der Waals surface area contributed by atoms with Gasteiger partial charge in [0.15, 0.2) is 0 Å². The van der Waals surface area contributed by atoms with Crippen LogP contribution in [-0.2, 0) is 11.8 Å². The second kappa shape index (κ2) is 5.03. The van der Waals surface area contributed by atoms with Crippen molar-refractivity contribution >= 4 is 21.6 Å². The van der Waals surface area contributed by atoms with Crippen LogP contribution in [0.1, 0.15) is 23.4 Å². The molecule has 1 aromatic rings. The van der Waals surface area contributed by atoms with Gasteiger partial charge < -0.3 is 5.73 Å². The van der Waals surface area contributed by atoms with Crippen LogP contribution in [0.15, 0.2) is 6.07 Å². The molecule has 0 spiro atoms. The highest BCUT2D eigenvalue weighted by Crippen LogP contribution is 2.25. The SMILES string of the molecule is N#CCc1c(N)cc(C(F)F)nc1CBr. The van der Waals surface area contributed by atoms with Crippen molar-refractivity contribution in [1.82, 2.24) is 4.98 Å². The molecule has 6 heteroatoms. The van der Waals surface area contributed by atoms with Crippen molar-refractivity contribution in [3.63, 3.8) is 0 Å². The van der Waals surface area contributed by atoms with Crippen LogP contribution in [0.3, 0.4) is 0 Å². The lowest BCUT2D eigenvalue weighted by Gasteiger charge is -2.09. The summed E-state index contributed by atoms with van der Waals surface area (Å²) in [5, 5.41) is 8.85. The van der Waals surface area contributed by atoms with E-state index in [2.05, 4.69) is 20.9 Å². The monoisotopic (exact) mass is 275 g/mol. The Morgan fingerprint density at radius 3 is 2.73 bits per heavy atom. The molecule has 0 aliphatic carbocycles. The molecule has 0 amide bonds. The van der Waals surface area contributed by atoms with Crippen LogP contribution in [0, 0.1) is 11.3 Å². The van der Waals surface area contributed by atoms with E-state index in [0.29, 0.717) is 16.6 Å². The number of nitrogens with two attached hydrogens (primary N) is 1. The second-order valence-corrected chi connectivity index (χ2v) is 3.39. The molecule has 15 heavy (non-hydrogen) atoms. The molecule has 0 aliphatic heterocycles. The second-order valence-electron chi connectivity index (χ2n) is 2.83. The molecule has 0 fully saturated rings. The number of anilines is 1. The van der Waals surface area contributed by atoms with Crippen LogP contribution in [-0.4, -0.2) is 4.98 Å². The summed E-state index contributed by atoms with van der Waals surface area (Å²) in [4.78, 5) is 3.74. The maximum atomic E-state index is 12.4. The highest BCUT2D eigenvalue weighted by atomic mass is 79.9. The van der Waals surface area contributed by atoms with Crippen LogP contribution in [0.2, 0.25) is 0 Å². The summed E-state index contributed by atoms with van der Waals surface area (Å²) < 4.78 is 24.8. The Bertz CT molecular complexity index is 401. The number of alkyl halides is 3. The quantitative estimate of drug-likeness (QED) is 0.863. The Morgan fingerprint density at radius 1 is 1.60 bits per heavy atom. The molecule has 1 aromatic heterocycles. The fraction of sp³-hybridized carbons (Fsp3) is 0.333. The molecule has 2 N–H and O–H groups in total. The first-order valence-electron chi connectivity index (χ1n) is 4.09. The van der Waals surface area contributed by atoms with Crippen LogP contribution in [0.4, 0.5) is 14.5 Å². The average molecular weight is 276 g/mol. The highest BCUT2D eigenvalue weighted by Gasteiger charge is 2.15. The number of hydrogen-bond acceptors (Lipinski definition) is 3. The summed E-state index contributed by atoms with van der Waals surface area (Å²) in [6.45, 7) is 0. The fourth-order valence-electron chi connectivity index (χ4n) is 1.17. The summed E-state index contributed by atoms with van der Waals surface area (Å²) in [5.74, 6) is 0. The number of halogens is 3. The van der Waals surface area contributed by atoms with Crippen molar-refractivity contribution < 1.29 is 8.78 Å². The predicted molar refractivity (Wildman–Crippen MR) is 55.6 cm³/mol. The number of hydrogen-bond donors (Lipinski definition) is 1. The van der Waals surface area contributed by atoms with Gasteiger partial charge in [0.05, 0.1) is 18.2 Å². The lowest BCUT2D eigenvalue weighted by Crippen LogP contribution is -2.04. The van der Waals surface area contributed by atoms with Gasteiger partial charge >= 0.3 is 0 Å². The largest absolute Gasteiger partial charge is 0.398 e. The molecule has 0 saturated heterocycles. The van der Waals surface area contributed by atoms with Gasteiger partial charge in [0.2, 0.25) is 0 Å². The van der Waals surface area contributed by atoms with Gasteiger partial charge in [0.1, 0.15) is 5.69 Å². The molecule has 3 nitrogen and oxygen atoms in total. The maximum absolute atomic E-state index is 12.4. The van der Waals surface area contributed by atoms with E-state index in [-0.39, 0.29) is 17.8 Å². The number of nitrogen functional groups attached to an aromatic ring is 1. The first-order chi connectivity index (χ1) is 7.10. The lowest BCUT2D eigenvalue weighted by molar-refractivity contribution is 0.146. The van der Waals surface area contributed by atoms with Crippen molar-refractivity contribution in [1.29, 1.82) is 5.26 Å². The topological polar surface area (TPSA) is 62.7 Å². The first kappa shape index (κ1) is 11.9. The number of rotatable bonds is 3. The third-order valence-corrected chi connectivity index (χ3v) is 2.40. The smallest absolute Gasteiger partial charge is 0.280 e. The number of pyridine rings is 1. The molecule has 0 radical (unpaired) electrons. The van der Waals surface area contributed by atoms with Crippen LogP contribution in [0.25, 0.3) is 0 Å². The lowest BCUT2D eigenvalue weighted by atomic mass is 10.1. The summed E-state index contributed by atoms with van der Waals surface area (Å²) >= 11 is 3.12. The highest BCUT2D eigenvalue weighted by molar-refractivity contribution is 9.08. The minimum Gasteiger partial charge on any atom is -0.398 e. The molecular weight excluding hydrogens is 268 g/mol. The third kappa shape index (κ3) is 2.63. The Hall–Kier alpha value is -1.22. The van der Waals surface area contributed by atoms with Crippen molar-refractivity contribution in [2.75, 3.05) is 5.73 Å². The van der Waals surface area contributed by atoms with Crippen LogP contribution < -0.4 is 5.73 Å². The predicted octanol–water partition coefficient (Wildman–Crippen LogP) is 2.56. The number of nitriles is 1. The number of aromatic nitrogens is 1. The van der Waals surface area contributed by atoms with E-state index >= 15 is 0 Å². The van der Waals surface area contributed by atoms with E-state index < -0.39 is 6.43 Å². The Balaban J connectivity index is 3.25. The Morgan fingerprint density at radius 2 is 2.27 bits per heavy atom. The van der Waals surface area contributed by atoms with Gasteiger partial charge in [-0.25, -0.2) is 8.78 Å². The summed E-state index contributed by atoms with van der Waals surface area (Å²) in [5.41, 5.74) is 6.32.